The topological polar surface area (TPSA) is 68.2 Å². The van der Waals surface area contributed by atoms with Gasteiger partial charge in [-0.1, -0.05) is 43.2 Å². The Labute approximate surface area is 140 Å². The summed E-state index contributed by atoms with van der Waals surface area (Å²) < 4.78 is 1.73. The van der Waals surface area contributed by atoms with E-state index in [9.17, 15) is 9.90 Å². The van der Waals surface area contributed by atoms with Crippen LogP contribution in [-0.4, -0.2) is 15.8 Å². The summed E-state index contributed by atoms with van der Waals surface area (Å²) >= 11 is 0. The number of carboxylic acids is 1. The normalized spacial score (nSPS) is 15.2. The molecule has 0 spiro atoms. The van der Waals surface area contributed by atoms with Crippen LogP contribution in [0.5, 0.6) is 0 Å². The van der Waals surface area contributed by atoms with E-state index in [1.54, 1.807) is 10.7 Å². The fourth-order valence-electron chi connectivity index (χ4n) is 3.91. The molecule has 1 aliphatic carbocycles. The Morgan fingerprint density at radius 1 is 1.08 bits per heavy atom. The van der Waals surface area contributed by atoms with Crippen molar-refractivity contribution in [2.75, 3.05) is 5.84 Å². The monoisotopic (exact) mass is 320 g/mol. The summed E-state index contributed by atoms with van der Waals surface area (Å²) in [6.45, 7) is 0. The zero-order valence-corrected chi connectivity index (χ0v) is 13.4. The molecule has 1 fully saturated rings. The number of fused-ring (bicyclic) bond motifs is 1. The first-order chi connectivity index (χ1) is 11.6. The average molecular weight is 320 g/mol. The zero-order chi connectivity index (χ0) is 16.7. The third-order valence-electron chi connectivity index (χ3n) is 5.07. The molecule has 2 aromatic carbocycles. The van der Waals surface area contributed by atoms with Gasteiger partial charge in [0.15, 0.2) is 0 Å². The number of carbonyl (C=O) groups is 1. The summed E-state index contributed by atoms with van der Waals surface area (Å²) in [6, 6.07) is 15.5. The summed E-state index contributed by atoms with van der Waals surface area (Å²) in [5.41, 5.74) is 4.32. The van der Waals surface area contributed by atoms with Crippen LogP contribution in [0.2, 0.25) is 0 Å². The Morgan fingerprint density at radius 3 is 2.46 bits per heavy atom. The molecule has 0 aliphatic heterocycles. The van der Waals surface area contributed by atoms with E-state index in [1.807, 2.05) is 42.5 Å². The molecule has 0 bridgehead atoms. The van der Waals surface area contributed by atoms with Crippen molar-refractivity contribution in [3.8, 4) is 11.3 Å². The highest BCUT2D eigenvalue weighted by Crippen LogP contribution is 2.40. The summed E-state index contributed by atoms with van der Waals surface area (Å²) in [7, 11) is 0. The second kappa shape index (κ2) is 5.71. The first-order valence-corrected chi connectivity index (χ1v) is 8.38. The molecule has 0 unspecified atom stereocenters. The number of nitrogens with zero attached hydrogens (tertiary/aromatic N) is 1. The Balaban J connectivity index is 1.98. The summed E-state index contributed by atoms with van der Waals surface area (Å²) in [6.07, 6.45) is 4.59. The number of rotatable bonds is 3. The molecular weight excluding hydrogens is 300 g/mol. The minimum absolute atomic E-state index is 0.342. The van der Waals surface area contributed by atoms with Crippen LogP contribution in [0.1, 0.15) is 47.5 Å². The van der Waals surface area contributed by atoms with Gasteiger partial charge in [0.05, 0.1) is 16.8 Å². The first-order valence-electron chi connectivity index (χ1n) is 8.38. The maximum atomic E-state index is 11.5. The molecule has 1 saturated carbocycles. The Hall–Kier alpha value is -2.75. The number of nitrogens with two attached hydrogens (primary N) is 1. The van der Waals surface area contributed by atoms with Crippen LogP contribution < -0.4 is 5.84 Å². The van der Waals surface area contributed by atoms with Crippen LogP contribution in [0.25, 0.3) is 22.2 Å². The van der Waals surface area contributed by atoms with Gasteiger partial charge in [0.1, 0.15) is 0 Å². The highest BCUT2D eigenvalue weighted by atomic mass is 16.4. The molecule has 0 radical (unpaired) electrons. The lowest BCUT2D eigenvalue weighted by molar-refractivity contribution is 0.0697. The number of aromatic carboxylic acids is 1. The van der Waals surface area contributed by atoms with E-state index in [0.29, 0.717) is 11.5 Å². The van der Waals surface area contributed by atoms with E-state index in [-0.39, 0.29) is 0 Å². The van der Waals surface area contributed by atoms with Crippen LogP contribution in [0, 0.1) is 0 Å². The van der Waals surface area contributed by atoms with Gasteiger partial charge in [-0.05, 0) is 42.5 Å². The van der Waals surface area contributed by atoms with E-state index >= 15 is 0 Å². The zero-order valence-electron chi connectivity index (χ0n) is 13.4. The Morgan fingerprint density at radius 2 is 1.79 bits per heavy atom. The number of aromatic nitrogens is 1. The Bertz CT molecular complexity index is 906. The van der Waals surface area contributed by atoms with E-state index in [2.05, 4.69) is 0 Å². The molecular formula is C20H20N2O2. The largest absolute Gasteiger partial charge is 0.478 e. The van der Waals surface area contributed by atoms with E-state index in [4.69, 9.17) is 5.84 Å². The van der Waals surface area contributed by atoms with Gasteiger partial charge in [-0.25, -0.2) is 4.79 Å². The van der Waals surface area contributed by atoms with Crippen molar-refractivity contribution in [1.29, 1.82) is 0 Å². The molecule has 0 saturated heterocycles. The van der Waals surface area contributed by atoms with Gasteiger partial charge in [0.25, 0.3) is 0 Å². The van der Waals surface area contributed by atoms with Gasteiger partial charge in [-0.3, -0.25) is 4.68 Å². The lowest BCUT2D eigenvalue weighted by Gasteiger charge is -2.14. The maximum absolute atomic E-state index is 11.5. The molecule has 4 nitrogen and oxygen atoms in total. The molecule has 1 aliphatic rings. The molecule has 0 amide bonds. The van der Waals surface area contributed by atoms with Gasteiger partial charge < -0.3 is 10.9 Å². The number of nitrogen functional groups attached to an aromatic ring is 1. The molecule has 24 heavy (non-hydrogen) atoms. The predicted molar refractivity (Wildman–Crippen MR) is 95.7 cm³/mol. The smallest absolute Gasteiger partial charge is 0.335 e. The molecule has 3 N–H and O–H groups in total. The number of benzene rings is 2. The second-order valence-electron chi connectivity index (χ2n) is 6.56. The highest BCUT2D eigenvalue weighted by molar-refractivity contribution is 5.97. The Kier molecular flexibility index (Phi) is 3.53. The molecule has 122 valence electrons. The van der Waals surface area contributed by atoms with Crippen LogP contribution in [-0.2, 0) is 0 Å². The minimum atomic E-state index is -0.887. The number of hydrogen-bond donors (Lipinski definition) is 2. The molecule has 4 rings (SSSR count). The molecule has 1 heterocycles. The van der Waals surface area contributed by atoms with Crippen LogP contribution in [0.15, 0.2) is 48.5 Å². The van der Waals surface area contributed by atoms with Crippen molar-refractivity contribution in [3.05, 3.63) is 59.7 Å². The van der Waals surface area contributed by atoms with E-state index in [1.165, 1.54) is 12.8 Å². The minimum Gasteiger partial charge on any atom is -0.478 e. The summed E-state index contributed by atoms with van der Waals surface area (Å²) in [5.74, 6) is 5.94. The fourth-order valence-corrected chi connectivity index (χ4v) is 3.91. The van der Waals surface area contributed by atoms with Crippen molar-refractivity contribution < 1.29 is 9.90 Å². The van der Waals surface area contributed by atoms with Crippen LogP contribution in [0.4, 0.5) is 0 Å². The lowest BCUT2D eigenvalue weighted by atomic mass is 9.93. The van der Waals surface area contributed by atoms with Crippen molar-refractivity contribution in [1.82, 2.24) is 4.68 Å². The second-order valence-corrected chi connectivity index (χ2v) is 6.56. The number of carboxylic acid groups (broad SMARTS) is 1. The number of hydrogen-bond acceptors (Lipinski definition) is 2. The van der Waals surface area contributed by atoms with Crippen molar-refractivity contribution in [3.63, 3.8) is 0 Å². The van der Waals surface area contributed by atoms with Crippen LogP contribution >= 0.6 is 0 Å². The van der Waals surface area contributed by atoms with Gasteiger partial charge in [-0.15, -0.1) is 0 Å². The summed E-state index contributed by atoms with van der Waals surface area (Å²) in [4.78, 5) is 11.5. The SMILES string of the molecule is Nn1c(-c2ccccc2)cc2cc(C(=O)O)cc(C3CCCC3)c21. The molecule has 1 aromatic heterocycles. The van der Waals surface area contributed by atoms with Gasteiger partial charge in [0.2, 0.25) is 0 Å². The van der Waals surface area contributed by atoms with Crippen molar-refractivity contribution in [2.45, 2.75) is 31.6 Å². The van der Waals surface area contributed by atoms with Gasteiger partial charge in [-0.2, -0.15) is 0 Å². The van der Waals surface area contributed by atoms with Crippen molar-refractivity contribution in [2.24, 2.45) is 0 Å². The third-order valence-corrected chi connectivity index (χ3v) is 5.07. The van der Waals surface area contributed by atoms with Gasteiger partial charge >= 0.3 is 5.97 Å². The molecule has 4 heteroatoms. The predicted octanol–water partition coefficient (Wildman–Crippen LogP) is 4.38. The summed E-state index contributed by atoms with van der Waals surface area (Å²) in [5, 5.41) is 10.4. The molecule has 3 aromatic rings. The van der Waals surface area contributed by atoms with Crippen LogP contribution in [0.3, 0.4) is 0 Å². The lowest BCUT2D eigenvalue weighted by Crippen LogP contribution is -2.12. The van der Waals surface area contributed by atoms with Crippen molar-refractivity contribution >= 4 is 16.9 Å². The van der Waals surface area contributed by atoms with E-state index in [0.717, 1.165) is 40.6 Å². The highest BCUT2D eigenvalue weighted by Gasteiger charge is 2.24. The molecule has 0 atom stereocenters. The third kappa shape index (κ3) is 2.35. The maximum Gasteiger partial charge on any atom is 0.335 e. The van der Waals surface area contributed by atoms with Gasteiger partial charge in [0, 0.05) is 10.9 Å². The standard InChI is InChI=1S/C20H20N2O2/c21-22-18(14-8-2-1-3-9-14)12-15-10-16(20(23)24)11-17(19(15)22)13-6-4-5-7-13/h1-3,8-13H,4-7,21H2,(H,23,24). The first kappa shape index (κ1) is 14.8. The average Bonchev–Trinajstić information content (AvgIpc) is 3.23. The van der Waals surface area contributed by atoms with E-state index < -0.39 is 5.97 Å². The fraction of sp³-hybridized carbons (Fsp3) is 0.250. The quantitative estimate of drug-likeness (QED) is 0.704.